The Balaban J connectivity index is 2.48. The lowest BCUT2D eigenvalue weighted by atomic mass is 10.1. The van der Waals surface area contributed by atoms with E-state index in [1.165, 1.54) is 0 Å². The molecule has 1 N–H and O–H groups in total. The third-order valence-corrected chi connectivity index (χ3v) is 3.48. The molecule has 2 unspecified atom stereocenters. The van der Waals surface area contributed by atoms with Crippen molar-refractivity contribution in [3.05, 3.63) is 24.5 Å². The molecule has 0 radical (unpaired) electrons. The van der Waals surface area contributed by atoms with E-state index in [4.69, 9.17) is 4.74 Å². The molecule has 0 spiro atoms. The Hall–Kier alpha value is -1.14. The minimum atomic E-state index is -0.306. The molecule has 1 heterocycles. The zero-order valence-electron chi connectivity index (χ0n) is 11.1. The summed E-state index contributed by atoms with van der Waals surface area (Å²) >= 11 is 0.267. The summed E-state index contributed by atoms with van der Waals surface area (Å²) < 4.78 is 17.7. The molecule has 0 aliphatic heterocycles. The van der Waals surface area contributed by atoms with Crippen LogP contribution >= 0.6 is 12.1 Å². The molecule has 1 rings (SSSR count). The van der Waals surface area contributed by atoms with Gasteiger partial charge in [-0.05, 0) is 25.0 Å². The molecule has 1 aromatic rings. The lowest BCUT2D eigenvalue weighted by Gasteiger charge is -2.17. The van der Waals surface area contributed by atoms with E-state index in [-0.39, 0.29) is 29.4 Å². The summed E-state index contributed by atoms with van der Waals surface area (Å²) in [5.41, 5.74) is 0. The molecule has 106 valence electrons. The standard InChI is InChI=1S/C13H19FN2O2S/c1-3-10(9-16-12(4-2)19-14)13(17)18-11-5-7-15-8-6-11/h5-8,10,12,16H,3-4,9H2,1-2H3. The minimum absolute atomic E-state index is 0.267. The molecule has 6 heteroatoms. The van der Waals surface area contributed by atoms with Crippen LogP contribution in [-0.4, -0.2) is 22.9 Å². The second-order valence-corrected chi connectivity index (χ2v) is 4.85. The summed E-state index contributed by atoms with van der Waals surface area (Å²) in [5, 5.41) is 2.74. The highest BCUT2D eigenvalue weighted by Gasteiger charge is 2.20. The second kappa shape index (κ2) is 8.87. The van der Waals surface area contributed by atoms with Crippen molar-refractivity contribution in [2.75, 3.05) is 6.54 Å². The Labute approximate surface area is 117 Å². The molecule has 4 nitrogen and oxygen atoms in total. The number of carbonyl (C=O) groups excluding carboxylic acids is 1. The van der Waals surface area contributed by atoms with E-state index in [0.717, 1.165) is 0 Å². The van der Waals surface area contributed by atoms with Crippen LogP contribution in [0.3, 0.4) is 0 Å². The average Bonchev–Trinajstić information content (AvgIpc) is 2.45. The molecule has 0 fully saturated rings. The monoisotopic (exact) mass is 286 g/mol. The first-order chi connectivity index (χ1) is 9.21. The van der Waals surface area contributed by atoms with E-state index in [0.29, 0.717) is 25.1 Å². The van der Waals surface area contributed by atoms with Crippen molar-refractivity contribution >= 4 is 18.1 Å². The molecule has 0 saturated heterocycles. The van der Waals surface area contributed by atoms with Crippen molar-refractivity contribution in [1.29, 1.82) is 0 Å². The molecule has 0 aromatic carbocycles. The number of hydrogen-bond acceptors (Lipinski definition) is 5. The average molecular weight is 286 g/mol. The first kappa shape index (κ1) is 15.9. The van der Waals surface area contributed by atoms with Crippen LogP contribution in [0.25, 0.3) is 0 Å². The number of aromatic nitrogens is 1. The maximum atomic E-state index is 12.5. The number of pyridine rings is 1. The Kier molecular flexibility index (Phi) is 7.43. The van der Waals surface area contributed by atoms with E-state index in [2.05, 4.69) is 10.3 Å². The van der Waals surface area contributed by atoms with Crippen LogP contribution in [0.5, 0.6) is 5.75 Å². The molecular weight excluding hydrogens is 267 g/mol. The molecule has 0 saturated carbocycles. The number of hydrogen-bond donors (Lipinski definition) is 1. The second-order valence-electron chi connectivity index (χ2n) is 4.10. The molecule has 0 bridgehead atoms. The molecule has 2 atom stereocenters. The highest BCUT2D eigenvalue weighted by atomic mass is 32.2. The van der Waals surface area contributed by atoms with Crippen LogP contribution < -0.4 is 10.1 Å². The van der Waals surface area contributed by atoms with Gasteiger partial charge in [-0.25, -0.2) is 0 Å². The lowest BCUT2D eigenvalue weighted by Crippen LogP contribution is -2.35. The Morgan fingerprint density at radius 2 is 2.11 bits per heavy atom. The van der Waals surface area contributed by atoms with Gasteiger partial charge in [0.15, 0.2) is 0 Å². The van der Waals surface area contributed by atoms with E-state index < -0.39 is 0 Å². The Morgan fingerprint density at radius 3 is 2.63 bits per heavy atom. The fourth-order valence-electron chi connectivity index (χ4n) is 1.51. The number of nitrogens with zero attached hydrogens (tertiary/aromatic N) is 1. The largest absolute Gasteiger partial charge is 0.426 e. The summed E-state index contributed by atoms with van der Waals surface area (Å²) in [6.07, 6.45) is 4.44. The molecule has 0 aliphatic rings. The van der Waals surface area contributed by atoms with Gasteiger partial charge in [-0.2, -0.15) is 3.89 Å². The van der Waals surface area contributed by atoms with Gasteiger partial charge in [-0.15, -0.1) is 0 Å². The van der Waals surface area contributed by atoms with Crippen LogP contribution in [0, 0.1) is 5.92 Å². The fourth-order valence-corrected chi connectivity index (χ4v) is 1.80. The van der Waals surface area contributed by atoms with Crippen LogP contribution in [0.1, 0.15) is 26.7 Å². The Bertz CT molecular complexity index is 374. The van der Waals surface area contributed by atoms with Gasteiger partial charge >= 0.3 is 5.97 Å². The highest BCUT2D eigenvalue weighted by molar-refractivity contribution is 7.94. The first-order valence-electron chi connectivity index (χ1n) is 6.33. The van der Waals surface area contributed by atoms with Gasteiger partial charge in [0.05, 0.1) is 23.4 Å². The van der Waals surface area contributed by atoms with Crippen LogP contribution in [-0.2, 0) is 4.79 Å². The lowest BCUT2D eigenvalue weighted by molar-refractivity contribution is -0.138. The maximum absolute atomic E-state index is 12.5. The molecule has 1 aromatic heterocycles. The summed E-state index contributed by atoms with van der Waals surface area (Å²) in [6.45, 7) is 4.21. The van der Waals surface area contributed by atoms with Crippen LogP contribution in [0.2, 0.25) is 0 Å². The number of esters is 1. The molecule has 19 heavy (non-hydrogen) atoms. The third-order valence-electron chi connectivity index (χ3n) is 2.76. The third kappa shape index (κ3) is 5.57. The summed E-state index contributed by atoms with van der Waals surface area (Å²) in [6, 6.07) is 3.26. The summed E-state index contributed by atoms with van der Waals surface area (Å²) in [5.74, 6) is -0.111. The van der Waals surface area contributed by atoms with Gasteiger partial charge in [0, 0.05) is 18.9 Å². The van der Waals surface area contributed by atoms with Gasteiger partial charge in [0.1, 0.15) is 5.75 Å². The number of ether oxygens (including phenoxy) is 1. The smallest absolute Gasteiger partial charge is 0.315 e. The fraction of sp³-hybridized carbons (Fsp3) is 0.538. The first-order valence-corrected chi connectivity index (χ1v) is 7.11. The minimum Gasteiger partial charge on any atom is -0.426 e. The van der Waals surface area contributed by atoms with E-state index in [1.54, 1.807) is 24.5 Å². The van der Waals surface area contributed by atoms with Gasteiger partial charge in [0.2, 0.25) is 0 Å². The van der Waals surface area contributed by atoms with Gasteiger partial charge in [-0.3, -0.25) is 9.78 Å². The quantitative estimate of drug-likeness (QED) is 0.588. The Morgan fingerprint density at radius 1 is 1.42 bits per heavy atom. The van der Waals surface area contributed by atoms with Crippen molar-refractivity contribution in [3.8, 4) is 5.75 Å². The van der Waals surface area contributed by atoms with Gasteiger partial charge < -0.3 is 10.1 Å². The van der Waals surface area contributed by atoms with Crippen molar-refractivity contribution in [2.24, 2.45) is 5.92 Å². The highest BCUT2D eigenvalue weighted by Crippen LogP contribution is 2.15. The van der Waals surface area contributed by atoms with E-state index >= 15 is 0 Å². The van der Waals surface area contributed by atoms with Crippen LogP contribution in [0.4, 0.5) is 3.89 Å². The van der Waals surface area contributed by atoms with E-state index in [1.807, 2.05) is 13.8 Å². The van der Waals surface area contributed by atoms with E-state index in [9.17, 15) is 8.68 Å². The number of carbonyl (C=O) groups is 1. The SMILES string of the molecule is CCC(NCC(CC)C(=O)Oc1ccncc1)SF. The van der Waals surface area contributed by atoms with Gasteiger partial charge in [-0.1, -0.05) is 13.8 Å². The summed E-state index contributed by atoms with van der Waals surface area (Å²) in [4.78, 5) is 15.8. The number of nitrogens with one attached hydrogen (secondary N) is 1. The zero-order chi connectivity index (χ0) is 14.1. The van der Waals surface area contributed by atoms with Crippen molar-refractivity contribution in [2.45, 2.75) is 32.1 Å². The number of halogens is 1. The number of rotatable bonds is 8. The maximum Gasteiger partial charge on any atom is 0.315 e. The predicted molar refractivity (Wildman–Crippen MR) is 74.4 cm³/mol. The molecule has 0 aliphatic carbocycles. The van der Waals surface area contributed by atoms with Crippen molar-refractivity contribution < 1.29 is 13.4 Å². The van der Waals surface area contributed by atoms with Crippen LogP contribution in [0.15, 0.2) is 24.5 Å². The molecule has 0 amide bonds. The summed E-state index contributed by atoms with van der Waals surface area (Å²) in [7, 11) is 0. The van der Waals surface area contributed by atoms with Gasteiger partial charge in [0.25, 0.3) is 0 Å². The van der Waals surface area contributed by atoms with Crippen molar-refractivity contribution in [1.82, 2.24) is 10.3 Å². The molecular formula is C13H19FN2O2S. The predicted octanol–water partition coefficient (Wildman–Crippen LogP) is 2.96. The van der Waals surface area contributed by atoms with Crippen molar-refractivity contribution in [3.63, 3.8) is 0 Å². The zero-order valence-corrected chi connectivity index (χ0v) is 12.0. The normalized spacial score (nSPS) is 13.8. The topological polar surface area (TPSA) is 51.2 Å².